The number of aryl methyl sites for hydroxylation is 1. The molecule has 2 aromatic rings. The van der Waals surface area contributed by atoms with Crippen molar-refractivity contribution in [2.24, 2.45) is 0 Å². The van der Waals surface area contributed by atoms with Gasteiger partial charge < -0.3 is 15.4 Å². The van der Waals surface area contributed by atoms with Crippen molar-refractivity contribution in [3.05, 3.63) is 56.1 Å². The minimum Gasteiger partial charge on any atom is -0.391 e. The monoisotopic (exact) mass is 290 g/mol. The molecule has 3 N–H and O–H groups in total. The van der Waals surface area contributed by atoms with Gasteiger partial charge in [0.15, 0.2) is 0 Å². The van der Waals surface area contributed by atoms with Crippen molar-refractivity contribution >= 4 is 17.2 Å². The molecule has 1 aliphatic carbocycles. The lowest BCUT2D eigenvalue weighted by Gasteiger charge is -2.30. The highest BCUT2D eigenvalue weighted by Gasteiger charge is 2.29. The fourth-order valence-electron chi connectivity index (χ4n) is 2.53. The van der Waals surface area contributed by atoms with Gasteiger partial charge in [0, 0.05) is 5.38 Å². The van der Waals surface area contributed by atoms with Gasteiger partial charge >= 0.3 is 4.87 Å². The van der Waals surface area contributed by atoms with E-state index in [9.17, 15) is 14.7 Å². The summed E-state index contributed by atoms with van der Waals surface area (Å²) in [6, 6.07) is 7.33. The second kappa shape index (κ2) is 5.22. The van der Waals surface area contributed by atoms with Gasteiger partial charge in [0.05, 0.1) is 12.1 Å². The lowest BCUT2D eigenvalue weighted by Crippen LogP contribution is -2.39. The second-order valence-corrected chi connectivity index (χ2v) is 5.66. The zero-order valence-electron chi connectivity index (χ0n) is 10.6. The summed E-state index contributed by atoms with van der Waals surface area (Å²) >= 11 is 0.947. The van der Waals surface area contributed by atoms with Crippen molar-refractivity contribution in [3.63, 3.8) is 0 Å². The zero-order chi connectivity index (χ0) is 14.1. The van der Waals surface area contributed by atoms with Crippen LogP contribution in [0.25, 0.3) is 0 Å². The third-order valence-electron chi connectivity index (χ3n) is 3.54. The highest BCUT2D eigenvalue weighted by atomic mass is 32.1. The standard InChI is InChI=1S/C14H14N2O3S/c17-11-6-5-8-3-1-2-4-9(8)12(11)16-13(18)10-7-20-14(19)15-10/h1-4,7,11-12,17H,5-6H2,(H,15,19)(H,16,18)/t11-,12+/m1/s1. The van der Waals surface area contributed by atoms with Crippen molar-refractivity contribution in [2.75, 3.05) is 0 Å². The molecule has 0 bridgehead atoms. The van der Waals surface area contributed by atoms with Gasteiger partial charge in [0.2, 0.25) is 0 Å². The minimum absolute atomic E-state index is 0.232. The first-order valence-corrected chi connectivity index (χ1v) is 7.27. The first-order valence-electron chi connectivity index (χ1n) is 6.39. The molecule has 1 aromatic heterocycles. The molecule has 0 radical (unpaired) electrons. The molecule has 20 heavy (non-hydrogen) atoms. The molecular weight excluding hydrogens is 276 g/mol. The van der Waals surface area contributed by atoms with Crippen LogP contribution >= 0.6 is 11.3 Å². The van der Waals surface area contributed by atoms with E-state index in [1.807, 2.05) is 24.3 Å². The molecule has 0 spiro atoms. The van der Waals surface area contributed by atoms with E-state index in [1.54, 1.807) is 0 Å². The highest BCUT2D eigenvalue weighted by Crippen LogP contribution is 2.30. The van der Waals surface area contributed by atoms with E-state index < -0.39 is 12.1 Å². The van der Waals surface area contributed by atoms with Crippen molar-refractivity contribution < 1.29 is 9.90 Å². The lowest BCUT2D eigenvalue weighted by molar-refractivity contribution is 0.0788. The number of aromatic amines is 1. The molecule has 2 atom stereocenters. The number of benzene rings is 1. The Bertz CT molecular complexity index is 691. The van der Waals surface area contributed by atoms with Gasteiger partial charge in [-0.15, -0.1) is 0 Å². The molecule has 0 aliphatic heterocycles. The van der Waals surface area contributed by atoms with Crippen LogP contribution < -0.4 is 10.2 Å². The maximum Gasteiger partial charge on any atom is 0.305 e. The summed E-state index contributed by atoms with van der Waals surface area (Å²) in [6.45, 7) is 0. The molecule has 5 nitrogen and oxygen atoms in total. The number of aliphatic hydroxyl groups excluding tert-OH is 1. The van der Waals surface area contributed by atoms with E-state index in [2.05, 4.69) is 10.3 Å². The van der Waals surface area contributed by atoms with Crippen LogP contribution in [0.5, 0.6) is 0 Å². The number of carbonyl (C=O) groups excluding carboxylic acids is 1. The maximum absolute atomic E-state index is 12.1. The number of H-pyrrole nitrogens is 1. The molecule has 6 heteroatoms. The summed E-state index contributed by atoms with van der Waals surface area (Å²) in [7, 11) is 0. The zero-order valence-corrected chi connectivity index (χ0v) is 11.4. The normalized spacial score (nSPS) is 21.2. The summed E-state index contributed by atoms with van der Waals surface area (Å²) in [5.41, 5.74) is 2.31. The number of thiazole rings is 1. The van der Waals surface area contributed by atoms with Gasteiger partial charge in [-0.25, -0.2) is 0 Å². The van der Waals surface area contributed by atoms with Gasteiger partial charge in [-0.05, 0) is 24.0 Å². The number of hydrogen-bond acceptors (Lipinski definition) is 4. The Hall–Kier alpha value is -1.92. The van der Waals surface area contributed by atoms with Crippen molar-refractivity contribution in [2.45, 2.75) is 25.0 Å². The van der Waals surface area contributed by atoms with Crippen molar-refractivity contribution in [1.82, 2.24) is 10.3 Å². The molecular formula is C14H14N2O3S. The average molecular weight is 290 g/mol. The molecule has 104 valence electrons. The van der Waals surface area contributed by atoms with Crippen molar-refractivity contribution in [3.8, 4) is 0 Å². The predicted molar refractivity (Wildman–Crippen MR) is 75.9 cm³/mol. The topological polar surface area (TPSA) is 82.2 Å². The summed E-state index contributed by atoms with van der Waals surface area (Å²) < 4.78 is 0. The molecule has 1 amide bonds. The number of amides is 1. The highest BCUT2D eigenvalue weighted by molar-refractivity contribution is 7.07. The van der Waals surface area contributed by atoms with E-state index in [0.29, 0.717) is 6.42 Å². The van der Waals surface area contributed by atoms with Gasteiger partial charge in [-0.1, -0.05) is 35.6 Å². The van der Waals surface area contributed by atoms with Crippen LogP contribution in [-0.4, -0.2) is 22.1 Å². The number of fused-ring (bicyclic) bond motifs is 1. The number of hydrogen-bond donors (Lipinski definition) is 3. The first-order chi connectivity index (χ1) is 9.65. The molecule has 3 rings (SSSR count). The van der Waals surface area contributed by atoms with Gasteiger partial charge in [-0.2, -0.15) is 0 Å². The summed E-state index contributed by atoms with van der Waals surface area (Å²) in [4.78, 5) is 25.4. The fourth-order valence-corrected chi connectivity index (χ4v) is 3.09. The Morgan fingerprint density at radius 2 is 2.20 bits per heavy atom. The van der Waals surface area contributed by atoms with Crippen molar-refractivity contribution in [1.29, 1.82) is 0 Å². The lowest BCUT2D eigenvalue weighted by atomic mass is 9.85. The minimum atomic E-state index is -0.612. The predicted octanol–water partition coefficient (Wildman–Crippen LogP) is 1.21. The molecule has 1 heterocycles. The summed E-state index contributed by atoms with van der Waals surface area (Å²) in [5.74, 6) is -0.371. The fraction of sp³-hybridized carbons (Fsp3) is 0.286. The number of carbonyl (C=O) groups is 1. The van der Waals surface area contributed by atoms with Crippen LogP contribution in [0.3, 0.4) is 0 Å². The van der Waals surface area contributed by atoms with E-state index in [0.717, 1.165) is 28.9 Å². The van der Waals surface area contributed by atoms with Crippen LogP contribution in [0.1, 0.15) is 34.1 Å². The van der Waals surface area contributed by atoms with E-state index in [-0.39, 0.29) is 16.5 Å². The number of aliphatic hydroxyl groups is 1. The number of aromatic nitrogens is 1. The molecule has 0 fully saturated rings. The van der Waals surface area contributed by atoms with Crippen LogP contribution in [0.2, 0.25) is 0 Å². The Morgan fingerprint density at radius 3 is 2.95 bits per heavy atom. The third kappa shape index (κ3) is 2.39. The average Bonchev–Trinajstić information content (AvgIpc) is 2.89. The van der Waals surface area contributed by atoms with Gasteiger partial charge in [-0.3, -0.25) is 9.59 Å². The van der Waals surface area contributed by atoms with Crippen LogP contribution in [0.15, 0.2) is 34.4 Å². The molecule has 1 aliphatic rings. The summed E-state index contributed by atoms with van der Waals surface area (Å²) in [6.07, 6.45) is 0.806. The van der Waals surface area contributed by atoms with Gasteiger partial charge in [0.1, 0.15) is 5.69 Å². The SMILES string of the molecule is O=C(N[C@H]1c2ccccc2CC[C@H]1O)c1csc(=O)[nH]1. The molecule has 0 saturated heterocycles. The Balaban J connectivity index is 1.86. The summed E-state index contributed by atoms with van der Waals surface area (Å²) in [5, 5.41) is 14.4. The van der Waals surface area contributed by atoms with E-state index in [4.69, 9.17) is 0 Å². The Kier molecular flexibility index (Phi) is 3.42. The number of nitrogens with one attached hydrogen (secondary N) is 2. The van der Waals surface area contributed by atoms with Crippen LogP contribution in [0.4, 0.5) is 0 Å². The van der Waals surface area contributed by atoms with Crippen LogP contribution in [-0.2, 0) is 6.42 Å². The van der Waals surface area contributed by atoms with E-state index in [1.165, 1.54) is 5.38 Å². The molecule has 1 aromatic carbocycles. The Labute approximate surface area is 119 Å². The molecule has 0 saturated carbocycles. The third-order valence-corrected chi connectivity index (χ3v) is 4.21. The first kappa shape index (κ1) is 13.1. The quantitative estimate of drug-likeness (QED) is 0.777. The Morgan fingerprint density at radius 1 is 1.40 bits per heavy atom. The second-order valence-electron chi connectivity index (χ2n) is 4.82. The van der Waals surface area contributed by atoms with Crippen LogP contribution in [0, 0.1) is 0 Å². The van der Waals surface area contributed by atoms with E-state index >= 15 is 0 Å². The van der Waals surface area contributed by atoms with Gasteiger partial charge in [0.25, 0.3) is 5.91 Å². The smallest absolute Gasteiger partial charge is 0.305 e. The number of rotatable bonds is 2. The maximum atomic E-state index is 12.1. The molecule has 0 unspecified atom stereocenters. The largest absolute Gasteiger partial charge is 0.391 e.